The zero-order valence-electron chi connectivity index (χ0n) is 16.9. The summed E-state index contributed by atoms with van der Waals surface area (Å²) < 4.78 is 43.8. The second kappa shape index (κ2) is 8.76. The molecule has 3 rings (SSSR count). The van der Waals surface area contributed by atoms with Crippen molar-refractivity contribution >= 4 is 11.9 Å². The van der Waals surface area contributed by atoms with Gasteiger partial charge in [-0.05, 0) is 70.1 Å². The zero-order valence-corrected chi connectivity index (χ0v) is 16.9. The number of carbonyl (C=O) groups excluding carboxylic acids is 2. The van der Waals surface area contributed by atoms with Crippen molar-refractivity contribution in [3.05, 3.63) is 35.4 Å². The number of hydrogen-bond acceptors (Lipinski definition) is 3. The number of halogens is 3. The summed E-state index contributed by atoms with van der Waals surface area (Å²) in [5.41, 5.74) is 0.574. The zero-order chi connectivity index (χ0) is 21.2. The SMILES string of the molecule is CCOC(=O)C1CCC(N(C(=O)c2ccc([C@@H](C)C(F)(F)F)cc2)C2CC2)CC1. The number of hydrogen-bond donors (Lipinski definition) is 0. The number of amides is 1. The van der Waals surface area contributed by atoms with E-state index in [0.29, 0.717) is 25.0 Å². The lowest BCUT2D eigenvalue weighted by molar-refractivity contribution is -0.149. The summed E-state index contributed by atoms with van der Waals surface area (Å²) in [4.78, 5) is 27.0. The van der Waals surface area contributed by atoms with Crippen molar-refractivity contribution in [1.82, 2.24) is 4.90 Å². The van der Waals surface area contributed by atoms with Crippen molar-refractivity contribution in [1.29, 1.82) is 0 Å². The molecule has 0 N–H and O–H groups in total. The number of benzene rings is 1. The molecule has 160 valence electrons. The van der Waals surface area contributed by atoms with Crippen molar-refractivity contribution in [2.24, 2.45) is 5.92 Å². The van der Waals surface area contributed by atoms with Crippen molar-refractivity contribution in [3.8, 4) is 0 Å². The summed E-state index contributed by atoms with van der Waals surface area (Å²) in [7, 11) is 0. The first-order valence-electron chi connectivity index (χ1n) is 10.4. The van der Waals surface area contributed by atoms with E-state index >= 15 is 0 Å². The first-order chi connectivity index (χ1) is 13.7. The van der Waals surface area contributed by atoms with E-state index in [2.05, 4.69) is 0 Å². The van der Waals surface area contributed by atoms with Gasteiger partial charge in [0.1, 0.15) is 0 Å². The van der Waals surface area contributed by atoms with Crippen LogP contribution in [0, 0.1) is 5.92 Å². The Morgan fingerprint density at radius 1 is 1.03 bits per heavy atom. The fraction of sp³-hybridized carbons (Fsp3) is 0.636. The molecule has 2 fully saturated rings. The summed E-state index contributed by atoms with van der Waals surface area (Å²) in [5, 5.41) is 0. The molecule has 0 bridgehead atoms. The van der Waals surface area contributed by atoms with Crippen LogP contribution in [-0.2, 0) is 9.53 Å². The second-order valence-corrected chi connectivity index (χ2v) is 8.09. The van der Waals surface area contributed by atoms with Gasteiger partial charge in [-0.1, -0.05) is 12.1 Å². The minimum absolute atomic E-state index is 0.0643. The quantitative estimate of drug-likeness (QED) is 0.614. The number of rotatable bonds is 6. The fourth-order valence-corrected chi connectivity index (χ4v) is 4.08. The highest BCUT2D eigenvalue weighted by molar-refractivity contribution is 5.95. The van der Waals surface area contributed by atoms with Gasteiger partial charge in [0.2, 0.25) is 0 Å². The third kappa shape index (κ3) is 5.11. The predicted molar refractivity (Wildman–Crippen MR) is 102 cm³/mol. The lowest BCUT2D eigenvalue weighted by Crippen LogP contribution is -2.44. The molecule has 1 atom stereocenters. The Kier molecular flexibility index (Phi) is 6.54. The van der Waals surface area contributed by atoms with Crippen LogP contribution in [0.25, 0.3) is 0 Å². The van der Waals surface area contributed by atoms with E-state index in [1.807, 2.05) is 4.90 Å². The smallest absolute Gasteiger partial charge is 0.395 e. The van der Waals surface area contributed by atoms with E-state index in [1.165, 1.54) is 24.3 Å². The van der Waals surface area contributed by atoms with E-state index < -0.39 is 12.1 Å². The lowest BCUT2D eigenvalue weighted by Gasteiger charge is -2.36. The molecule has 7 heteroatoms. The average molecular weight is 411 g/mol. The Labute approximate surface area is 169 Å². The largest absolute Gasteiger partial charge is 0.466 e. The molecule has 1 aromatic rings. The average Bonchev–Trinajstić information content (AvgIpc) is 3.52. The molecule has 0 unspecified atom stereocenters. The first kappa shape index (κ1) is 21.7. The Morgan fingerprint density at radius 2 is 1.55 bits per heavy atom. The molecule has 0 saturated heterocycles. The molecule has 29 heavy (non-hydrogen) atoms. The van der Waals surface area contributed by atoms with E-state index in [1.54, 1.807) is 6.92 Å². The van der Waals surface area contributed by atoms with Crippen LogP contribution in [-0.4, -0.2) is 41.6 Å². The predicted octanol–water partition coefficient (Wildman–Crippen LogP) is 5.08. The number of esters is 1. The van der Waals surface area contributed by atoms with E-state index in [4.69, 9.17) is 4.74 Å². The van der Waals surface area contributed by atoms with Crippen LogP contribution >= 0.6 is 0 Å². The number of alkyl halides is 3. The van der Waals surface area contributed by atoms with Crippen molar-refractivity contribution < 1.29 is 27.5 Å². The molecule has 0 aromatic heterocycles. The van der Waals surface area contributed by atoms with Crippen LogP contribution < -0.4 is 0 Å². The Balaban J connectivity index is 1.67. The molecule has 1 aromatic carbocycles. The highest BCUT2D eigenvalue weighted by atomic mass is 19.4. The van der Waals surface area contributed by atoms with Gasteiger partial charge in [-0.2, -0.15) is 13.2 Å². The normalized spacial score (nSPS) is 23.3. The molecule has 0 heterocycles. The number of carbonyl (C=O) groups is 2. The molecular formula is C22H28F3NO3. The van der Waals surface area contributed by atoms with Crippen LogP contribution in [0.15, 0.2) is 24.3 Å². The third-order valence-corrected chi connectivity index (χ3v) is 6.03. The molecule has 0 spiro atoms. The standard InChI is InChI=1S/C22H28F3NO3/c1-3-29-21(28)17-8-10-18(11-9-17)26(19-12-13-19)20(27)16-6-4-15(5-7-16)14(2)22(23,24)25/h4-7,14,17-19H,3,8-13H2,1-2H3/t14-,17?,18?/m1/s1. The maximum absolute atomic E-state index is 13.1. The van der Waals surface area contributed by atoms with Crippen molar-refractivity contribution in [2.75, 3.05) is 6.61 Å². The van der Waals surface area contributed by atoms with Crippen LogP contribution in [0.3, 0.4) is 0 Å². The highest BCUT2D eigenvalue weighted by Crippen LogP contribution is 2.37. The summed E-state index contributed by atoms with van der Waals surface area (Å²) in [5.74, 6) is -1.96. The van der Waals surface area contributed by atoms with Gasteiger partial charge in [0, 0.05) is 17.6 Å². The maximum Gasteiger partial charge on any atom is 0.395 e. The minimum atomic E-state index is -4.30. The topological polar surface area (TPSA) is 46.6 Å². The molecule has 2 aliphatic carbocycles. The van der Waals surface area contributed by atoms with Gasteiger partial charge >= 0.3 is 12.1 Å². The molecule has 2 saturated carbocycles. The molecular weight excluding hydrogens is 383 g/mol. The van der Waals surface area contributed by atoms with Gasteiger partial charge in [0.15, 0.2) is 0 Å². The first-order valence-corrected chi connectivity index (χ1v) is 10.4. The number of ether oxygens (including phenoxy) is 1. The summed E-state index contributed by atoms with van der Waals surface area (Å²) in [6.45, 7) is 3.28. The summed E-state index contributed by atoms with van der Waals surface area (Å²) >= 11 is 0. The van der Waals surface area contributed by atoms with Crippen molar-refractivity contribution in [2.45, 2.75) is 76.6 Å². The van der Waals surface area contributed by atoms with Gasteiger partial charge in [0.25, 0.3) is 5.91 Å². The van der Waals surface area contributed by atoms with E-state index in [9.17, 15) is 22.8 Å². The molecule has 0 radical (unpaired) electrons. The molecule has 0 aliphatic heterocycles. The van der Waals surface area contributed by atoms with Crippen LogP contribution in [0.5, 0.6) is 0 Å². The van der Waals surface area contributed by atoms with Crippen LogP contribution in [0.4, 0.5) is 13.2 Å². The van der Waals surface area contributed by atoms with Gasteiger partial charge in [-0.3, -0.25) is 9.59 Å². The monoisotopic (exact) mass is 411 g/mol. The summed E-state index contributed by atoms with van der Waals surface area (Å²) in [6.07, 6.45) is 0.483. The van der Waals surface area contributed by atoms with Gasteiger partial charge in [-0.25, -0.2) is 0 Å². The highest BCUT2D eigenvalue weighted by Gasteiger charge is 2.41. The van der Waals surface area contributed by atoms with E-state index in [0.717, 1.165) is 32.6 Å². The van der Waals surface area contributed by atoms with Gasteiger partial charge in [0.05, 0.1) is 18.4 Å². The fourth-order valence-electron chi connectivity index (χ4n) is 4.08. The van der Waals surface area contributed by atoms with Crippen molar-refractivity contribution in [3.63, 3.8) is 0 Å². The van der Waals surface area contributed by atoms with Gasteiger partial charge in [-0.15, -0.1) is 0 Å². The summed E-state index contributed by atoms with van der Waals surface area (Å²) in [6, 6.07) is 6.05. The Morgan fingerprint density at radius 3 is 2.00 bits per heavy atom. The second-order valence-electron chi connectivity index (χ2n) is 8.09. The minimum Gasteiger partial charge on any atom is -0.466 e. The van der Waals surface area contributed by atoms with E-state index in [-0.39, 0.29) is 35.4 Å². The molecule has 1 amide bonds. The maximum atomic E-state index is 13.1. The number of nitrogens with zero attached hydrogens (tertiary/aromatic N) is 1. The van der Waals surface area contributed by atoms with Crippen LogP contribution in [0.2, 0.25) is 0 Å². The molecule has 4 nitrogen and oxygen atoms in total. The van der Waals surface area contributed by atoms with Crippen LogP contribution in [0.1, 0.15) is 74.2 Å². The Bertz CT molecular complexity index is 720. The van der Waals surface area contributed by atoms with Gasteiger partial charge < -0.3 is 9.64 Å². The Hall–Kier alpha value is -2.05. The molecule has 2 aliphatic rings. The third-order valence-electron chi connectivity index (χ3n) is 6.03. The lowest BCUT2D eigenvalue weighted by atomic mass is 9.85.